The Morgan fingerprint density at radius 1 is 0.417 bits per heavy atom. The lowest BCUT2D eigenvalue weighted by atomic mass is 9.80. The number of para-hydroxylation sites is 2. The van der Waals surface area contributed by atoms with Crippen LogP contribution in [0.5, 0.6) is 0 Å². The first-order valence-corrected chi connectivity index (χ1v) is 17.0. The van der Waals surface area contributed by atoms with Crippen molar-refractivity contribution in [2.45, 2.75) is 19.3 Å². The molecule has 1 nitrogen and oxygen atoms in total. The maximum Gasteiger partial charge on any atom is 0.0625 e. The number of nitrogens with zero attached hydrogens (tertiary/aromatic N) is 1. The van der Waals surface area contributed by atoms with E-state index in [9.17, 15) is 0 Å². The van der Waals surface area contributed by atoms with Crippen LogP contribution in [0.15, 0.2) is 152 Å². The number of hydrogen-bond donors (Lipinski definition) is 0. The Hall–Kier alpha value is -5.92. The van der Waals surface area contributed by atoms with Gasteiger partial charge in [-0.3, -0.25) is 0 Å². The maximum atomic E-state index is 2.54. The highest BCUT2D eigenvalue weighted by Gasteiger charge is 2.37. The van der Waals surface area contributed by atoms with Gasteiger partial charge in [-0.05, 0) is 78.9 Å². The second-order valence-corrected chi connectivity index (χ2v) is 14.0. The molecule has 224 valence electrons. The fourth-order valence-electron chi connectivity index (χ4n) is 9.26. The van der Waals surface area contributed by atoms with Gasteiger partial charge >= 0.3 is 0 Å². The van der Waals surface area contributed by atoms with Crippen LogP contribution in [0.2, 0.25) is 0 Å². The molecular formula is C47H31N. The molecule has 1 heterocycles. The fourth-order valence-corrected chi connectivity index (χ4v) is 9.26. The Morgan fingerprint density at radius 2 is 0.979 bits per heavy atom. The van der Waals surface area contributed by atoms with Crippen LogP contribution in [0.3, 0.4) is 0 Å². The van der Waals surface area contributed by atoms with E-state index in [0.717, 1.165) is 0 Å². The Labute approximate surface area is 279 Å². The summed E-state index contributed by atoms with van der Waals surface area (Å²) in [5.41, 5.74) is 17.1. The minimum Gasteiger partial charge on any atom is -0.308 e. The molecule has 48 heavy (non-hydrogen) atoms. The SMILES string of the molecule is CC1(C)c2ccccc2-c2ccc(-c3c4c(c(-n5c6ccccc6c6ccccc65)c5ccccc35)-c3cccc5cccc-4c35)cc21. The van der Waals surface area contributed by atoms with Gasteiger partial charge in [0.25, 0.3) is 0 Å². The molecule has 0 aliphatic heterocycles. The number of fused-ring (bicyclic) bond motifs is 10. The number of aromatic nitrogens is 1. The highest BCUT2D eigenvalue weighted by atomic mass is 15.0. The van der Waals surface area contributed by atoms with E-state index in [-0.39, 0.29) is 5.41 Å². The summed E-state index contributed by atoms with van der Waals surface area (Å²) in [5.74, 6) is 0. The van der Waals surface area contributed by atoms with Gasteiger partial charge < -0.3 is 4.57 Å². The molecule has 0 radical (unpaired) electrons. The summed E-state index contributed by atoms with van der Waals surface area (Å²) < 4.78 is 2.54. The zero-order valence-corrected chi connectivity index (χ0v) is 26.9. The van der Waals surface area contributed by atoms with Gasteiger partial charge in [0.05, 0.1) is 16.7 Å². The molecule has 0 atom stereocenters. The van der Waals surface area contributed by atoms with Crippen LogP contribution in [0.4, 0.5) is 0 Å². The molecule has 0 amide bonds. The highest BCUT2D eigenvalue weighted by molar-refractivity contribution is 6.26. The summed E-state index contributed by atoms with van der Waals surface area (Å²) in [4.78, 5) is 0. The van der Waals surface area contributed by atoms with Gasteiger partial charge in [0.1, 0.15) is 0 Å². The Balaban J connectivity index is 1.34. The number of hydrogen-bond acceptors (Lipinski definition) is 0. The van der Waals surface area contributed by atoms with E-state index in [1.54, 1.807) is 0 Å². The third-order valence-electron chi connectivity index (χ3n) is 11.3. The molecule has 0 unspecified atom stereocenters. The van der Waals surface area contributed by atoms with Gasteiger partial charge in [-0.15, -0.1) is 0 Å². The molecule has 0 fully saturated rings. The van der Waals surface area contributed by atoms with Crippen molar-refractivity contribution in [3.8, 4) is 50.2 Å². The van der Waals surface area contributed by atoms with Crippen molar-refractivity contribution < 1.29 is 0 Å². The van der Waals surface area contributed by atoms with Crippen molar-refractivity contribution in [1.29, 1.82) is 0 Å². The Bertz CT molecular complexity index is 2800. The molecule has 0 N–H and O–H groups in total. The van der Waals surface area contributed by atoms with Gasteiger partial charge in [-0.1, -0.05) is 147 Å². The van der Waals surface area contributed by atoms with Crippen molar-refractivity contribution in [2.24, 2.45) is 0 Å². The zero-order valence-electron chi connectivity index (χ0n) is 26.9. The van der Waals surface area contributed by atoms with Gasteiger partial charge in [-0.2, -0.15) is 0 Å². The fraction of sp³-hybridized carbons (Fsp3) is 0.0638. The molecule has 11 rings (SSSR count). The van der Waals surface area contributed by atoms with Crippen LogP contribution < -0.4 is 0 Å². The second-order valence-electron chi connectivity index (χ2n) is 14.0. The van der Waals surface area contributed by atoms with Gasteiger partial charge in [0.15, 0.2) is 0 Å². The third-order valence-corrected chi connectivity index (χ3v) is 11.3. The van der Waals surface area contributed by atoms with Crippen LogP contribution in [-0.2, 0) is 5.41 Å². The molecule has 2 aliphatic rings. The summed E-state index contributed by atoms with van der Waals surface area (Å²) in [6, 6.07) is 56.8. The summed E-state index contributed by atoms with van der Waals surface area (Å²) in [6.45, 7) is 4.76. The molecule has 0 spiro atoms. The second kappa shape index (κ2) is 9.12. The summed E-state index contributed by atoms with van der Waals surface area (Å²) >= 11 is 0. The normalized spacial score (nSPS) is 13.8. The average molecular weight is 610 g/mol. The molecule has 0 saturated heterocycles. The van der Waals surface area contributed by atoms with E-state index in [1.807, 2.05) is 0 Å². The number of benzene rings is 8. The predicted octanol–water partition coefficient (Wildman–Crippen LogP) is 12.7. The average Bonchev–Trinajstić information content (AvgIpc) is 3.72. The maximum absolute atomic E-state index is 2.54. The van der Waals surface area contributed by atoms with Crippen molar-refractivity contribution in [3.63, 3.8) is 0 Å². The van der Waals surface area contributed by atoms with E-state index in [4.69, 9.17) is 0 Å². The van der Waals surface area contributed by atoms with Gasteiger partial charge in [-0.25, -0.2) is 0 Å². The van der Waals surface area contributed by atoms with E-state index in [0.29, 0.717) is 0 Å². The van der Waals surface area contributed by atoms with Crippen LogP contribution in [-0.4, -0.2) is 4.57 Å². The molecule has 0 saturated carbocycles. The predicted molar refractivity (Wildman–Crippen MR) is 203 cm³/mol. The molecule has 9 aromatic rings. The van der Waals surface area contributed by atoms with Gasteiger partial charge in [0.2, 0.25) is 0 Å². The lowest BCUT2D eigenvalue weighted by molar-refractivity contribution is 0.660. The summed E-state index contributed by atoms with van der Waals surface area (Å²) in [7, 11) is 0. The lowest BCUT2D eigenvalue weighted by Gasteiger charge is -2.24. The largest absolute Gasteiger partial charge is 0.308 e. The van der Waals surface area contributed by atoms with E-state index < -0.39 is 0 Å². The monoisotopic (exact) mass is 609 g/mol. The van der Waals surface area contributed by atoms with Crippen LogP contribution in [0.1, 0.15) is 25.0 Å². The molecule has 8 aromatic carbocycles. The number of rotatable bonds is 2. The smallest absolute Gasteiger partial charge is 0.0625 e. The van der Waals surface area contributed by atoms with E-state index in [2.05, 4.69) is 170 Å². The minimum absolute atomic E-state index is 0.0766. The van der Waals surface area contributed by atoms with Crippen molar-refractivity contribution in [3.05, 3.63) is 163 Å². The topological polar surface area (TPSA) is 4.93 Å². The first-order valence-electron chi connectivity index (χ1n) is 17.0. The molecule has 1 heteroatoms. The van der Waals surface area contributed by atoms with Crippen molar-refractivity contribution >= 4 is 43.4 Å². The quantitative estimate of drug-likeness (QED) is 0.184. The van der Waals surface area contributed by atoms with Crippen LogP contribution >= 0.6 is 0 Å². The van der Waals surface area contributed by atoms with E-state index >= 15 is 0 Å². The highest BCUT2D eigenvalue weighted by Crippen LogP contribution is 2.58. The summed E-state index contributed by atoms with van der Waals surface area (Å²) in [5, 5.41) is 7.75. The Kier molecular flexibility index (Phi) is 4.97. The van der Waals surface area contributed by atoms with Crippen molar-refractivity contribution in [1.82, 2.24) is 4.57 Å². The van der Waals surface area contributed by atoms with E-state index in [1.165, 1.54) is 105 Å². The molecule has 1 aromatic heterocycles. The first kappa shape index (κ1) is 26.2. The first-order chi connectivity index (χ1) is 23.6. The Morgan fingerprint density at radius 3 is 1.71 bits per heavy atom. The minimum atomic E-state index is -0.0766. The van der Waals surface area contributed by atoms with Crippen LogP contribution in [0.25, 0.3) is 93.5 Å². The summed E-state index contributed by atoms with van der Waals surface area (Å²) in [6.07, 6.45) is 0. The standard InChI is InChI=1S/C47H31N/c1-47(2)38-22-8-5-15-30(38)31-26-25-29(27-39(31)47)43-34-18-3-4-19-35(34)46(45-37-21-12-14-28-13-11-20-36(42(28)37)44(43)45)48-40-23-9-6-16-32(40)33-17-7-10-24-41(33)48/h3-27H,1-2H3. The molecule has 2 aliphatic carbocycles. The molecule has 0 bridgehead atoms. The zero-order chi connectivity index (χ0) is 31.7. The third kappa shape index (κ3) is 3.16. The van der Waals surface area contributed by atoms with Crippen molar-refractivity contribution in [2.75, 3.05) is 0 Å². The van der Waals surface area contributed by atoms with Gasteiger partial charge in [0, 0.05) is 32.7 Å². The lowest BCUT2D eigenvalue weighted by Crippen LogP contribution is -2.14. The van der Waals surface area contributed by atoms with Crippen LogP contribution in [0, 0.1) is 0 Å². The molecular weight excluding hydrogens is 579 g/mol.